The van der Waals surface area contributed by atoms with Crippen LogP contribution in [0.3, 0.4) is 0 Å². The number of hydrogen-bond acceptors (Lipinski definition) is 4. The van der Waals surface area contributed by atoms with E-state index in [2.05, 4.69) is 25.5 Å². The van der Waals surface area contributed by atoms with E-state index in [1.165, 1.54) is 22.7 Å². The van der Waals surface area contributed by atoms with Gasteiger partial charge >= 0.3 is 94.1 Å². The Balaban J connectivity index is 2.97. The topological polar surface area (TPSA) is 25.8 Å². The van der Waals surface area contributed by atoms with Crippen LogP contribution in [0.15, 0.2) is 0 Å². The first-order valence-corrected chi connectivity index (χ1v) is 6.04. The van der Waals surface area contributed by atoms with Gasteiger partial charge in [0.05, 0.1) is 0 Å². The van der Waals surface area contributed by atoms with Crippen molar-refractivity contribution in [3.05, 3.63) is 13.1 Å². The predicted molar refractivity (Wildman–Crippen MR) is 54.3 cm³/mol. The summed E-state index contributed by atoms with van der Waals surface area (Å²) in [6.45, 7) is 0. The van der Waals surface area contributed by atoms with Gasteiger partial charge < -0.3 is 0 Å². The molecule has 12 heavy (non-hydrogen) atoms. The molecule has 2 nitrogen and oxygen atoms in total. The Morgan fingerprint density at radius 2 is 1.92 bits per heavy atom. The second-order valence-corrected chi connectivity index (χ2v) is 6.87. The van der Waals surface area contributed by atoms with E-state index in [1.54, 1.807) is 0 Å². The zero-order valence-electron chi connectivity index (χ0n) is 5.38. The van der Waals surface area contributed by atoms with Crippen molar-refractivity contribution in [2.45, 2.75) is 0 Å². The number of nitrogens with zero attached hydrogens (tertiary/aromatic N) is 2. The van der Waals surface area contributed by atoms with E-state index in [9.17, 15) is 0 Å². The first-order chi connectivity index (χ1) is 5.66. The van der Waals surface area contributed by atoms with Crippen molar-refractivity contribution in [1.82, 2.24) is 9.97 Å². The van der Waals surface area contributed by atoms with Crippen molar-refractivity contribution in [2.75, 3.05) is 0 Å². The van der Waals surface area contributed by atoms with Crippen molar-refractivity contribution in [1.29, 1.82) is 0 Å². The maximum absolute atomic E-state index is 5.84. The molecule has 0 N–H and O–H groups in total. The van der Waals surface area contributed by atoms with Crippen LogP contribution in [0, 0.1) is 2.69 Å². The van der Waals surface area contributed by atoms with Crippen molar-refractivity contribution in [3.8, 4) is 0 Å². The third-order valence-corrected chi connectivity index (χ3v) is 4.78. The minimum atomic E-state index is 0.196. The van der Waals surface area contributed by atoms with E-state index in [1.807, 2.05) is 0 Å². The maximum atomic E-state index is 5.84. The molecule has 0 saturated heterocycles. The Kier molecular flexibility index (Phi) is 2.51. The molecular formula is C5Cl2N2S2Se. The fourth-order valence-electron chi connectivity index (χ4n) is 0.718. The summed E-state index contributed by atoms with van der Waals surface area (Å²) in [4.78, 5) is 8.71. The van der Waals surface area contributed by atoms with E-state index in [0.717, 1.165) is 12.2 Å². The van der Waals surface area contributed by atoms with Gasteiger partial charge in [-0.05, 0) is 0 Å². The van der Waals surface area contributed by atoms with Gasteiger partial charge in [0.1, 0.15) is 0 Å². The monoisotopic (exact) mass is 302 g/mol. The third-order valence-electron chi connectivity index (χ3n) is 1.13. The molecule has 2 aromatic heterocycles. The van der Waals surface area contributed by atoms with Gasteiger partial charge in [-0.3, -0.25) is 0 Å². The molecular weight excluding hydrogens is 302 g/mol. The number of aromatic nitrogens is 2. The molecule has 0 amide bonds. The zero-order chi connectivity index (χ0) is 8.72. The fraction of sp³-hybridized carbons (Fsp3) is 0. The third kappa shape index (κ3) is 1.57. The second-order valence-electron chi connectivity index (χ2n) is 1.87. The molecule has 2 rings (SSSR count). The number of halogens is 2. The van der Waals surface area contributed by atoms with E-state index in [0.29, 0.717) is 5.15 Å². The van der Waals surface area contributed by atoms with Crippen LogP contribution < -0.4 is 0 Å². The van der Waals surface area contributed by atoms with Gasteiger partial charge in [0.2, 0.25) is 0 Å². The minimum absolute atomic E-state index is 0.196. The van der Waals surface area contributed by atoms with Gasteiger partial charge in [-0.1, -0.05) is 0 Å². The average Bonchev–Trinajstić information content (AvgIpc) is 2.29. The summed E-state index contributed by atoms with van der Waals surface area (Å²) in [5.41, 5.74) is 0. The van der Waals surface area contributed by atoms with Crippen molar-refractivity contribution in [2.24, 2.45) is 0 Å². The van der Waals surface area contributed by atoms with Crippen LogP contribution >= 0.6 is 45.9 Å². The standard InChI is InChI=1S/C5Cl2N2S2Se/c6-2-1-3(9-4(7)8-2)11-5(12)10-1. The Labute approximate surface area is 93.5 Å². The second kappa shape index (κ2) is 3.33. The average molecular weight is 302 g/mol. The summed E-state index contributed by atoms with van der Waals surface area (Å²) in [6.07, 6.45) is 0. The van der Waals surface area contributed by atoms with Crippen LogP contribution in [-0.4, -0.2) is 25.5 Å². The SMILES string of the molecule is Clc1nc(Cl)c2sc(=[Se])sc2n1. The van der Waals surface area contributed by atoms with Crippen LogP contribution in [0.1, 0.15) is 0 Å². The summed E-state index contributed by atoms with van der Waals surface area (Å²) in [5.74, 6) is 0. The zero-order valence-corrected chi connectivity index (χ0v) is 10.2. The number of rotatable bonds is 0. The molecule has 0 aliphatic heterocycles. The van der Waals surface area contributed by atoms with Crippen LogP contribution in [-0.2, 0) is 0 Å². The molecule has 0 saturated carbocycles. The molecule has 0 aliphatic rings. The Hall–Kier alpha value is 0.489. The molecule has 0 fully saturated rings. The number of hydrogen-bond donors (Lipinski definition) is 0. The summed E-state index contributed by atoms with van der Waals surface area (Å²) in [7, 11) is 0. The van der Waals surface area contributed by atoms with E-state index < -0.39 is 0 Å². The Morgan fingerprint density at radius 3 is 2.67 bits per heavy atom. The van der Waals surface area contributed by atoms with E-state index in [-0.39, 0.29) is 5.28 Å². The predicted octanol–water partition coefficient (Wildman–Crippen LogP) is 2.76. The quantitative estimate of drug-likeness (QED) is 0.425. The van der Waals surface area contributed by atoms with Crippen LogP contribution in [0.25, 0.3) is 9.53 Å². The molecule has 62 valence electrons. The van der Waals surface area contributed by atoms with Crippen molar-refractivity contribution in [3.63, 3.8) is 0 Å². The van der Waals surface area contributed by atoms with Crippen LogP contribution in [0.5, 0.6) is 0 Å². The summed E-state index contributed by atoms with van der Waals surface area (Å²) >= 11 is 17.4. The van der Waals surface area contributed by atoms with Crippen LogP contribution in [0.4, 0.5) is 0 Å². The molecule has 7 heteroatoms. The molecule has 0 bridgehead atoms. The molecule has 2 heterocycles. The summed E-state index contributed by atoms with van der Waals surface area (Å²) in [5, 5.41) is 0.620. The Bertz CT molecular complexity index is 492. The fourth-order valence-corrected chi connectivity index (χ4v) is 4.15. The van der Waals surface area contributed by atoms with Crippen LogP contribution in [0.2, 0.25) is 10.4 Å². The first-order valence-electron chi connectivity index (χ1n) is 2.79. The van der Waals surface area contributed by atoms with Gasteiger partial charge in [-0.25, -0.2) is 0 Å². The van der Waals surface area contributed by atoms with Gasteiger partial charge in [0.25, 0.3) is 0 Å². The Morgan fingerprint density at radius 1 is 1.17 bits per heavy atom. The number of fused-ring (bicyclic) bond motifs is 1. The van der Waals surface area contributed by atoms with E-state index >= 15 is 0 Å². The van der Waals surface area contributed by atoms with Crippen molar-refractivity contribution >= 4 is 71.0 Å². The van der Waals surface area contributed by atoms with Crippen molar-refractivity contribution < 1.29 is 0 Å². The summed E-state index contributed by atoms with van der Waals surface area (Å²) < 4.78 is 1.96. The molecule has 0 aliphatic carbocycles. The first kappa shape index (κ1) is 9.06. The van der Waals surface area contributed by atoms with E-state index in [4.69, 9.17) is 23.2 Å². The molecule has 2 aromatic rings. The summed E-state index contributed by atoms with van der Waals surface area (Å²) in [6, 6.07) is 0. The van der Waals surface area contributed by atoms with Gasteiger partial charge in [-0.15, -0.1) is 0 Å². The molecule has 0 aromatic carbocycles. The van der Waals surface area contributed by atoms with Gasteiger partial charge in [0.15, 0.2) is 0 Å². The molecule has 0 radical (unpaired) electrons. The molecule has 0 unspecified atom stereocenters. The molecule has 0 atom stereocenters. The van der Waals surface area contributed by atoms with Gasteiger partial charge in [0, 0.05) is 0 Å². The molecule has 0 spiro atoms. The van der Waals surface area contributed by atoms with Gasteiger partial charge in [-0.2, -0.15) is 0 Å². The normalized spacial score (nSPS) is 10.8.